The fraction of sp³-hybridized carbons (Fsp3) is 0.400. The molecule has 0 atom stereocenters. The molecule has 0 unspecified atom stereocenters. The molecular formula is C15H20BrN3. The van der Waals surface area contributed by atoms with E-state index in [1.165, 1.54) is 22.3 Å². The lowest BCUT2D eigenvalue weighted by atomic mass is 9.97. The van der Waals surface area contributed by atoms with Crippen molar-refractivity contribution in [3.05, 3.63) is 39.0 Å². The van der Waals surface area contributed by atoms with Gasteiger partial charge >= 0.3 is 0 Å². The fourth-order valence-corrected chi connectivity index (χ4v) is 3.28. The van der Waals surface area contributed by atoms with E-state index in [2.05, 4.69) is 59.2 Å². The summed E-state index contributed by atoms with van der Waals surface area (Å²) in [5, 5.41) is 7.86. The van der Waals surface area contributed by atoms with E-state index in [9.17, 15) is 0 Å². The highest BCUT2D eigenvalue weighted by Crippen LogP contribution is 2.34. The second-order valence-electron chi connectivity index (χ2n) is 5.04. The summed E-state index contributed by atoms with van der Waals surface area (Å²) < 4.78 is 3.02. The molecular weight excluding hydrogens is 302 g/mol. The maximum absolute atomic E-state index is 4.68. The lowest BCUT2D eigenvalue weighted by Gasteiger charge is -2.09. The van der Waals surface area contributed by atoms with Crippen molar-refractivity contribution in [2.24, 2.45) is 7.05 Å². The van der Waals surface area contributed by atoms with Crippen molar-refractivity contribution < 1.29 is 0 Å². The van der Waals surface area contributed by atoms with Crippen molar-refractivity contribution >= 4 is 15.9 Å². The summed E-state index contributed by atoms with van der Waals surface area (Å²) in [5.74, 6) is 0. The second kappa shape index (κ2) is 5.47. The molecule has 3 nitrogen and oxygen atoms in total. The lowest BCUT2D eigenvalue weighted by molar-refractivity contribution is 0.671. The number of hydrogen-bond acceptors (Lipinski definition) is 2. The van der Waals surface area contributed by atoms with Crippen LogP contribution in [0.3, 0.4) is 0 Å². The third-order valence-corrected chi connectivity index (χ3v) is 4.19. The van der Waals surface area contributed by atoms with Gasteiger partial charge in [0.15, 0.2) is 0 Å². The van der Waals surface area contributed by atoms with Crippen LogP contribution in [-0.4, -0.2) is 16.8 Å². The molecule has 0 saturated carbocycles. The number of benzene rings is 1. The molecule has 0 aliphatic rings. The van der Waals surface area contributed by atoms with Crippen molar-refractivity contribution in [3.8, 4) is 11.3 Å². The van der Waals surface area contributed by atoms with E-state index in [4.69, 9.17) is 0 Å². The van der Waals surface area contributed by atoms with Gasteiger partial charge in [0.05, 0.1) is 10.2 Å². The summed E-state index contributed by atoms with van der Waals surface area (Å²) in [6, 6.07) is 4.42. The predicted octanol–water partition coefficient (Wildman–Crippen LogP) is 3.49. The smallest absolute Gasteiger partial charge is 0.107 e. The highest BCUT2D eigenvalue weighted by Gasteiger charge is 2.18. The number of aromatic nitrogens is 2. The summed E-state index contributed by atoms with van der Waals surface area (Å²) >= 11 is 3.70. The highest BCUT2D eigenvalue weighted by atomic mass is 79.9. The Kier molecular flexibility index (Phi) is 4.11. The van der Waals surface area contributed by atoms with Crippen LogP contribution in [0.25, 0.3) is 11.3 Å². The maximum Gasteiger partial charge on any atom is 0.107 e. The molecule has 4 heteroatoms. The molecule has 1 aromatic heterocycles. The Hall–Kier alpha value is -1.13. The first-order valence-corrected chi connectivity index (χ1v) is 7.19. The number of hydrogen-bond donors (Lipinski definition) is 1. The van der Waals surface area contributed by atoms with Crippen LogP contribution in [-0.2, 0) is 13.6 Å². The second-order valence-corrected chi connectivity index (χ2v) is 5.83. The molecule has 0 spiro atoms. The van der Waals surface area contributed by atoms with Crippen molar-refractivity contribution in [2.45, 2.75) is 27.3 Å². The quantitative estimate of drug-likeness (QED) is 0.937. The number of nitrogens with one attached hydrogen (secondary N) is 1. The Balaban J connectivity index is 2.63. The molecule has 1 heterocycles. The summed E-state index contributed by atoms with van der Waals surface area (Å²) in [6.07, 6.45) is 0. The van der Waals surface area contributed by atoms with E-state index in [0.29, 0.717) is 0 Å². The molecule has 19 heavy (non-hydrogen) atoms. The van der Waals surface area contributed by atoms with Crippen molar-refractivity contribution in [1.82, 2.24) is 15.1 Å². The normalized spacial score (nSPS) is 11.1. The molecule has 1 N–H and O–H groups in total. The monoisotopic (exact) mass is 321 g/mol. The van der Waals surface area contributed by atoms with Crippen LogP contribution in [0, 0.1) is 20.8 Å². The van der Waals surface area contributed by atoms with E-state index < -0.39 is 0 Å². The van der Waals surface area contributed by atoms with Crippen LogP contribution in [0.15, 0.2) is 16.6 Å². The summed E-state index contributed by atoms with van der Waals surface area (Å²) in [6.45, 7) is 7.22. The van der Waals surface area contributed by atoms with Gasteiger partial charge < -0.3 is 5.32 Å². The standard InChI is InChI=1S/C15H20BrN3/c1-9-6-10(2)13(11(3)7-9)15-14(16)12(8-17-4)19(5)18-15/h6-7,17H,8H2,1-5H3. The van der Waals surface area contributed by atoms with E-state index in [1.54, 1.807) is 0 Å². The molecule has 0 amide bonds. The van der Waals surface area contributed by atoms with Gasteiger partial charge in [-0.15, -0.1) is 0 Å². The summed E-state index contributed by atoms with van der Waals surface area (Å²) in [5.41, 5.74) is 7.26. The Labute approximate surface area is 123 Å². The summed E-state index contributed by atoms with van der Waals surface area (Å²) in [4.78, 5) is 0. The molecule has 0 fully saturated rings. The first-order chi connectivity index (χ1) is 8.95. The lowest BCUT2D eigenvalue weighted by Crippen LogP contribution is -2.10. The molecule has 0 saturated heterocycles. The van der Waals surface area contributed by atoms with Crippen LogP contribution in [0.2, 0.25) is 0 Å². The van der Waals surface area contributed by atoms with E-state index in [0.717, 1.165) is 22.4 Å². The Bertz CT molecular complexity index is 591. The first-order valence-electron chi connectivity index (χ1n) is 6.40. The number of rotatable bonds is 3. The van der Waals surface area contributed by atoms with Crippen molar-refractivity contribution in [2.75, 3.05) is 7.05 Å². The van der Waals surface area contributed by atoms with Crippen LogP contribution in [0.4, 0.5) is 0 Å². The van der Waals surface area contributed by atoms with Gasteiger partial charge in [-0.2, -0.15) is 5.10 Å². The van der Waals surface area contributed by atoms with Gasteiger partial charge in [0.25, 0.3) is 0 Å². The zero-order chi connectivity index (χ0) is 14.2. The van der Waals surface area contributed by atoms with Gasteiger partial charge in [-0.05, 0) is 54.9 Å². The molecule has 0 bridgehead atoms. The van der Waals surface area contributed by atoms with E-state index >= 15 is 0 Å². The fourth-order valence-electron chi connectivity index (χ4n) is 2.61. The van der Waals surface area contributed by atoms with Crippen molar-refractivity contribution in [3.63, 3.8) is 0 Å². The SMILES string of the molecule is CNCc1c(Br)c(-c2c(C)cc(C)cc2C)nn1C. The van der Waals surface area contributed by atoms with Gasteiger partial charge in [-0.25, -0.2) is 0 Å². The molecule has 1 aromatic carbocycles. The molecule has 102 valence electrons. The Morgan fingerprint density at radius 1 is 1.21 bits per heavy atom. The van der Waals surface area contributed by atoms with Gasteiger partial charge in [-0.1, -0.05) is 17.7 Å². The number of aryl methyl sites for hydroxylation is 4. The molecule has 0 radical (unpaired) electrons. The average molecular weight is 322 g/mol. The van der Waals surface area contributed by atoms with Gasteiger partial charge in [0.1, 0.15) is 5.69 Å². The Morgan fingerprint density at radius 3 is 2.32 bits per heavy atom. The van der Waals surface area contributed by atoms with Crippen LogP contribution in [0.5, 0.6) is 0 Å². The number of nitrogens with zero attached hydrogens (tertiary/aromatic N) is 2. The molecule has 0 aliphatic heterocycles. The first kappa shape index (κ1) is 14.3. The van der Waals surface area contributed by atoms with Gasteiger partial charge in [0, 0.05) is 19.2 Å². The van der Waals surface area contributed by atoms with E-state index in [-0.39, 0.29) is 0 Å². The third-order valence-electron chi connectivity index (χ3n) is 3.36. The average Bonchev–Trinajstić information content (AvgIpc) is 2.56. The minimum absolute atomic E-state index is 0.800. The van der Waals surface area contributed by atoms with Crippen molar-refractivity contribution in [1.29, 1.82) is 0 Å². The third kappa shape index (κ3) is 2.60. The molecule has 2 rings (SSSR count). The minimum atomic E-state index is 0.800. The van der Waals surface area contributed by atoms with Gasteiger partial charge in [0.2, 0.25) is 0 Å². The molecule has 0 aliphatic carbocycles. The molecule has 2 aromatic rings. The summed E-state index contributed by atoms with van der Waals surface area (Å²) in [7, 11) is 3.93. The topological polar surface area (TPSA) is 29.9 Å². The number of halogens is 1. The highest BCUT2D eigenvalue weighted by molar-refractivity contribution is 9.10. The zero-order valence-corrected chi connectivity index (χ0v) is 13.7. The predicted molar refractivity (Wildman–Crippen MR) is 83.3 cm³/mol. The van der Waals surface area contributed by atoms with Crippen LogP contribution >= 0.6 is 15.9 Å². The Morgan fingerprint density at radius 2 is 1.79 bits per heavy atom. The van der Waals surface area contributed by atoms with Gasteiger partial charge in [-0.3, -0.25) is 4.68 Å². The maximum atomic E-state index is 4.68. The minimum Gasteiger partial charge on any atom is -0.314 e. The van der Waals surface area contributed by atoms with Crippen LogP contribution < -0.4 is 5.32 Å². The van der Waals surface area contributed by atoms with E-state index in [1.807, 2.05) is 18.8 Å². The van der Waals surface area contributed by atoms with Crippen LogP contribution in [0.1, 0.15) is 22.4 Å². The zero-order valence-electron chi connectivity index (χ0n) is 12.1. The largest absolute Gasteiger partial charge is 0.314 e.